The number of aliphatic hydroxyl groups is 1. The molecule has 0 saturated heterocycles. The average molecular weight is 501 g/mol. The predicted octanol–water partition coefficient (Wildman–Crippen LogP) is 4.51. The molecule has 5 N–H and O–H groups in total. The zero-order valence-electron chi connectivity index (χ0n) is 19.7. The maximum atomic E-state index is 13.2. The van der Waals surface area contributed by atoms with Crippen molar-refractivity contribution in [2.45, 2.75) is 38.3 Å². The minimum Gasteiger partial charge on any atom is -0.508 e. The fourth-order valence-electron chi connectivity index (χ4n) is 3.83. The summed E-state index contributed by atoms with van der Waals surface area (Å²) in [5.41, 5.74) is 2.23. The van der Waals surface area contributed by atoms with Crippen molar-refractivity contribution in [3.8, 4) is 11.5 Å². The first-order valence-corrected chi connectivity index (χ1v) is 11.7. The summed E-state index contributed by atoms with van der Waals surface area (Å²) >= 11 is 6.04. The van der Waals surface area contributed by atoms with Crippen LogP contribution in [0.5, 0.6) is 11.5 Å². The highest BCUT2D eigenvalue weighted by Crippen LogP contribution is 2.25. The van der Waals surface area contributed by atoms with Gasteiger partial charge in [-0.3, -0.25) is 4.79 Å². The van der Waals surface area contributed by atoms with E-state index in [-0.39, 0.29) is 24.0 Å². The number of phenolic OH excluding ortho intramolecular Hbond substituents is 2. The minimum absolute atomic E-state index is 0.117. The van der Waals surface area contributed by atoms with Crippen LogP contribution in [-0.4, -0.2) is 39.9 Å². The van der Waals surface area contributed by atoms with Crippen LogP contribution in [0.2, 0.25) is 5.02 Å². The number of phenols is 2. The van der Waals surface area contributed by atoms with Crippen molar-refractivity contribution in [2.24, 2.45) is 0 Å². The first-order chi connectivity index (χ1) is 16.5. The number of aromatic hydroxyl groups is 2. The molecule has 186 valence electrons. The van der Waals surface area contributed by atoms with E-state index in [2.05, 4.69) is 10.6 Å². The molecule has 0 aliphatic carbocycles. The van der Waals surface area contributed by atoms with Gasteiger partial charge in [0.2, 0.25) is 0 Å². The minimum atomic E-state index is -0.918. The number of halogens is 2. The second-order valence-corrected chi connectivity index (χ2v) is 9.59. The van der Waals surface area contributed by atoms with E-state index in [0.717, 1.165) is 11.1 Å². The number of carbonyl (C=O) groups excluding carboxylic acids is 1. The van der Waals surface area contributed by atoms with Crippen LogP contribution < -0.4 is 10.6 Å². The van der Waals surface area contributed by atoms with Gasteiger partial charge < -0.3 is 26.0 Å². The van der Waals surface area contributed by atoms with Crippen LogP contribution in [0.1, 0.15) is 47.0 Å². The molecule has 0 saturated carbocycles. The Morgan fingerprint density at radius 3 is 2.46 bits per heavy atom. The average Bonchev–Trinajstić information content (AvgIpc) is 2.78. The topological polar surface area (TPSA) is 102 Å². The van der Waals surface area contributed by atoms with Gasteiger partial charge in [-0.25, -0.2) is 4.39 Å². The molecule has 0 spiro atoms. The summed E-state index contributed by atoms with van der Waals surface area (Å²) in [6.45, 7) is 4.55. The molecule has 35 heavy (non-hydrogen) atoms. The van der Waals surface area contributed by atoms with Crippen molar-refractivity contribution in [1.82, 2.24) is 10.6 Å². The molecule has 0 heterocycles. The Kier molecular flexibility index (Phi) is 8.72. The lowest BCUT2D eigenvalue weighted by molar-refractivity contribution is 0.0954. The zero-order valence-corrected chi connectivity index (χ0v) is 20.4. The Bertz CT molecular complexity index is 1170. The third kappa shape index (κ3) is 7.96. The molecule has 3 aromatic carbocycles. The lowest BCUT2D eigenvalue weighted by Crippen LogP contribution is -2.43. The molecule has 1 atom stereocenters. The maximum Gasteiger partial charge on any atom is 0.251 e. The van der Waals surface area contributed by atoms with Gasteiger partial charge in [0, 0.05) is 35.3 Å². The summed E-state index contributed by atoms with van der Waals surface area (Å²) in [5.74, 6) is -0.844. The summed E-state index contributed by atoms with van der Waals surface area (Å²) in [6.07, 6.45) is 0.164. The monoisotopic (exact) mass is 500 g/mol. The first-order valence-electron chi connectivity index (χ1n) is 11.3. The number of β-amino-alcohol motifs (C(OH)–C–C–N with tert-alkyl or cyclic N) is 1. The fourth-order valence-corrected chi connectivity index (χ4v) is 4.10. The second-order valence-electron chi connectivity index (χ2n) is 9.18. The molecule has 1 unspecified atom stereocenters. The van der Waals surface area contributed by atoms with Crippen LogP contribution in [0.3, 0.4) is 0 Å². The van der Waals surface area contributed by atoms with E-state index >= 15 is 0 Å². The standard InChI is InChI=1S/C27H30ClFN2O4/c1-27(2,31-16-25(34)20-11-22(32)14-23(33)12-20)15-17-4-3-5-19(10-17)26(35)30-9-8-18-6-7-21(29)13-24(18)28/h3-7,10-14,25,31-34H,8-9,15-16H2,1-2H3,(H,30,35). The van der Waals surface area contributed by atoms with Gasteiger partial charge in [0.15, 0.2) is 0 Å². The van der Waals surface area contributed by atoms with E-state index in [1.54, 1.807) is 12.1 Å². The molecule has 0 aromatic heterocycles. The first kappa shape index (κ1) is 26.5. The van der Waals surface area contributed by atoms with Gasteiger partial charge >= 0.3 is 0 Å². The summed E-state index contributed by atoms with van der Waals surface area (Å²) in [7, 11) is 0. The van der Waals surface area contributed by atoms with Crippen molar-refractivity contribution in [1.29, 1.82) is 0 Å². The van der Waals surface area contributed by atoms with Crippen molar-refractivity contribution in [3.05, 3.63) is 93.8 Å². The number of carbonyl (C=O) groups is 1. The highest BCUT2D eigenvalue weighted by atomic mass is 35.5. The molecule has 3 rings (SSSR count). The predicted molar refractivity (Wildman–Crippen MR) is 134 cm³/mol. The van der Waals surface area contributed by atoms with Gasteiger partial charge in [-0.1, -0.05) is 29.8 Å². The van der Waals surface area contributed by atoms with Crippen molar-refractivity contribution in [2.75, 3.05) is 13.1 Å². The number of benzene rings is 3. The normalized spacial score (nSPS) is 12.4. The summed E-state index contributed by atoms with van der Waals surface area (Å²) in [6, 6.07) is 15.5. The molecular formula is C27H30ClFN2O4. The fraction of sp³-hybridized carbons (Fsp3) is 0.296. The Morgan fingerprint density at radius 2 is 1.77 bits per heavy atom. The van der Waals surface area contributed by atoms with Crippen LogP contribution in [0.15, 0.2) is 60.7 Å². The molecule has 1 amide bonds. The van der Waals surface area contributed by atoms with E-state index in [4.69, 9.17) is 11.6 Å². The van der Waals surface area contributed by atoms with E-state index < -0.39 is 17.5 Å². The molecule has 0 bridgehead atoms. The van der Waals surface area contributed by atoms with E-state index in [0.29, 0.717) is 35.5 Å². The Labute approximate surface area is 209 Å². The molecular weight excluding hydrogens is 471 g/mol. The third-order valence-electron chi connectivity index (χ3n) is 5.61. The maximum absolute atomic E-state index is 13.2. The highest BCUT2D eigenvalue weighted by molar-refractivity contribution is 6.31. The smallest absolute Gasteiger partial charge is 0.251 e. The van der Waals surface area contributed by atoms with Crippen LogP contribution in [-0.2, 0) is 12.8 Å². The van der Waals surface area contributed by atoms with Crippen LogP contribution in [0, 0.1) is 5.82 Å². The number of nitrogens with one attached hydrogen (secondary N) is 2. The zero-order chi connectivity index (χ0) is 25.6. The number of hydrogen-bond acceptors (Lipinski definition) is 5. The molecule has 6 nitrogen and oxygen atoms in total. The SMILES string of the molecule is CC(C)(Cc1cccc(C(=O)NCCc2ccc(F)cc2Cl)c1)NCC(O)c1cc(O)cc(O)c1. The molecule has 8 heteroatoms. The van der Waals surface area contributed by atoms with Gasteiger partial charge in [-0.15, -0.1) is 0 Å². The summed E-state index contributed by atoms with van der Waals surface area (Å²) in [4.78, 5) is 12.6. The number of aliphatic hydroxyl groups excluding tert-OH is 1. The van der Waals surface area contributed by atoms with Crippen molar-refractivity contribution in [3.63, 3.8) is 0 Å². The lowest BCUT2D eigenvalue weighted by Gasteiger charge is -2.28. The van der Waals surface area contributed by atoms with Crippen LogP contribution >= 0.6 is 11.6 Å². The molecule has 0 aliphatic rings. The molecule has 0 aliphatic heterocycles. The van der Waals surface area contributed by atoms with Gasteiger partial charge in [-0.05, 0) is 79.8 Å². The molecule has 0 fully saturated rings. The summed E-state index contributed by atoms with van der Waals surface area (Å²) < 4.78 is 13.2. The molecule has 3 aromatic rings. The van der Waals surface area contributed by atoms with E-state index in [9.17, 15) is 24.5 Å². The van der Waals surface area contributed by atoms with Crippen LogP contribution in [0.25, 0.3) is 0 Å². The third-order valence-corrected chi connectivity index (χ3v) is 5.97. The van der Waals surface area contributed by atoms with Crippen molar-refractivity contribution >= 4 is 17.5 Å². The molecule has 0 radical (unpaired) electrons. The van der Waals surface area contributed by atoms with Crippen LogP contribution in [0.4, 0.5) is 4.39 Å². The quantitative estimate of drug-likeness (QED) is 0.282. The van der Waals surface area contributed by atoms with E-state index in [1.807, 2.05) is 32.0 Å². The number of rotatable bonds is 10. The Hall–Kier alpha value is -3.13. The number of amides is 1. The largest absolute Gasteiger partial charge is 0.508 e. The van der Waals surface area contributed by atoms with E-state index in [1.165, 1.54) is 30.3 Å². The Morgan fingerprint density at radius 1 is 1.06 bits per heavy atom. The highest BCUT2D eigenvalue weighted by Gasteiger charge is 2.21. The Balaban J connectivity index is 1.54. The van der Waals surface area contributed by atoms with Gasteiger partial charge in [-0.2, -0.15) is 0 Å². The second kappa shape index (κ2) is 11.5. The number of hydrogen-bond donors (Lipinski definition) is 5. The van der Waals surface area contributed by atoms with Gasteiger partial charge in [0.05, 0.1) is 6.10 Å². The van der Waals surface area contributed by atoms with Gasteiger partial charge in [0.25, 0.3) is 5.91 Å². The lowest BCUT2D eigenvalue weighted by atomic mass is 9.93. The summed E-state index contributed by atoms with van der Waals surface area (Å²) in [5, 5.41) is 36.2. The van der Waals surface area contributed by atoms with Crippen molar-refractivity contribution < 1.29 is 24.5 Å². The van der Waals surface area contributed by atoms with Gasteiger partial charge in [0.1, 0.15) is 17.3 Å².